The van der Waals surface area contributed by atoms with Gasteiger partial charge < -0.3 is 31.7 Å². The molecule has 0 saturated carbocycles. The van der Waals surface area contributed by atoms with Crippen LogP contribution in [0.2, 0.25) is 0 Å². The first-order chi connectivity index (χ1) is 12.8. The van der Waals surface area contributed by atoms with E-state index in [4.69, 9.17) is 11.5 Å². The molecule has 0 fully saturated rings. The fourth-order valence-corrected chi connectivity index (χ4v) is 2.34. The van der Waals surface area contributed by atoms with Crippen molar-refractivity contribution in [2.45, 2.75) is 38.5 Å². The summed E-state index contributed by atoms with van der Waals surface area (Å²) in [7, 11) is 0. The Morgan fingerprint density at radius 2 is 1.04 bits per heavy atom. The molecular weight excluding hydrogens is 330 g/mol. The number of nitrogens with one attached hydrogen (secondary N) is 5. The van der Waals surface area contributed by atoms with E-state index < -0.39 is 5.97 Å². The minimum Gasteiger partial charge on any atom is -0.481 e. The Kier molecular flexibility index (Phi) is 20.9. The lowest BCUT2D eigenvalue weighted by Gasteiger charge is -2.09. The van der Waals surface area contributed by atoms with E-state index in [1.54, 1.807) is 0 Å². The largest absolute Gasteiger partial charge is 0.481 e. The van der Waals surface area contributed by atoms with Crippen molar-refractivity contribution in [2.75, 3.05) is 65.4 Å². The minimum atomic E-state index is -0.710. The maximum atomic E-state index is 10.4. The van der Waals surface area contributed by atoms with Crippen LogP contribution < -0.4 is 26.6 Å². The summed E-state index contributed by atoms with van der Waals surface area (Å²) in [6.07, 6.45) is 10.3. The highest BCUT2D eigenvalue weighted by Crippen LogP contribution is 1.92. The van der Waals surface area contributed by atoms with Crippen molar-refractivity contribution in [2.24, 2.45) is 0 Å². The minimum absolute atomic E-state index is 0.268. The van der Waals surface area contributed by atoms with Crippen LogP contribution in [0, 0.1) is 12.3 Å². The van der Waals surface area contributed by atoms with E-state index in [2.05, 4.69) is 32.5 Å². The number of carboxylic acids is 1. The Bertz CT molecular complexity index is 347. The number of hydrogen-bond donors (Lipinski definition) is 6. The molecule has 0 aliphatic carbocycles. The summed E-state index contributed by atoms with van der Waals surface area (Å²) in [4.78, 5) is 10.4. The molecule has 0 aromatic carbocycles. The van der Waals surface area contributed by atoms with Gasteiger partial charge in [-0.3, -0.25) is 4.79 Å². The second-order valence-electron chi connectivity index (χ2n) is 6.26. The summed E-state index contributed by atoms with van der Waals surface area (Å²) >= 11 is 0. The van der Waals surface area contributed by atoms with Crippen molar-refractivity contribution < 1.29 is 9.90 Å². The number of aliphatic carboxylic acids is 1. The molecule has 0 saturated heterocycles. The summed E-state index contributed by atoms with van der Waals surface area (Å²) in [5.41, 5.74) is 0. The van der Waals surface area contributed by atoms with E-state index >= 15 is 0 Å². The standard InChI is InChI=1S/C19H39N5O2/c1-2-3-4-6-9-20-11-13-22-15-17-24-18-16-23-14-12-21-10-7-5-8-19(25)26/h1,20-24H,3-18H2,(H,25,26). The van der Waals surface area contributed by atoms with Crippen molar-refractivity contribution in [1.29, 1.82) is 0 Å². The highest BCUT2D eigenvalue weighted by molar-refractivity contribution is 5.66. The molecule has 0 atom stereocenters. The lowest BCUT2D eigenvalue weighted by atomic mass is 10.2. The lowest BCUT2D eigenvalue weighted by Crippen LogP contribution is -2.36. The molecule has 0 spiro atoms. The summed E-state index contributed by atoms with van der Waals surface area (Å²) in [5, 5.41) is 25.4. The molecule has 0 amide bonds. The molecule has 0 radical (unpaired) electrons. The van der Waals surface area contributed by atoms with Gasteiger partial charge in [-0.05, 0) is 38.8 Å². The van der Waals surface area contributed by atoms with Crippen molar-refractivity contribution in [1.82, 2.24) is 26.6 Å². The molecule has 0 bridgehead atoms. The average molecular weight is 370 g/mol. The van der Waals surface area contributed by atoms with E-state index in [-0.39, 0.29) is 6.42 Å². The summed E-state index contributed by atoms with van der Waals surface area (Å²) in [5.74, 6) is 1.95. The quantitative estimate of drug-likeness (QED) is 0.125. The van der Waals surface area contributed by atoms with Crippen LogP contribution in [0.15, 0.2) is 0 Å². The molecule has 0 rings (SSSR count). The molecule has 0 aliphatic rings. The van der Waals surface area contributed by atoms with Gasteiger partial charge in [-0.1, -0.05) is 0 Å². The Morgan fingerprint density at radius 1 is 0.654 bits per heavy atom. The van der Waals surface area contributed by atoms with Gasteiger partial charge in [0.2, 0.25) is 0 Å². The van der Waals surface area contributed by atoms with Crippen LogP contribution in [0.4, 0.5) is 0 Å². The maximum Gasteiger partial charge on any atom is 0.303 e. The van der Waals surface area contributed by atoms with E-state index in [0.29, 0.717) is 0 Å². The first-order valence-electron chi connectivity index (χ1n) is 9.96. The molecule has 0 aromatic rings. The summed E-state index contributed by atoms with van der Waals surface area (Å²) < 4.78 is 0. The van der Waals surface area contributed by atoms with Gasteiger partial charge in [0.25, 0.3) is 0 Å². The van der Waals surface area contributed by atoms with Crippen molar-refractivity contribution in [3.63, 3.8) is 0 Å². The van der Waals surface area contributed by atoms with Gasteiger partial charge >= 0.3 is 5.97 Å². The van der Waals surface area contributed by atoms with Crippen LogP contribution in [-0.4, -0.2) is 76.5 Å². The monoisotopic (exact) mass is 369 g/mol. The molecule has 7 heteroatoms. The molecule has 0 aromatic heterocycles. The molecule has 0 heterocycles. The van der Waals surface area contributed by atoms with Crippen LogP contribution in [-0.2, 0) is 4.79 Å². The van der Waals surface area contributed by atoms with Gasteiger partial charge in [-0.25, -0.2) is 0 Å². The molecule has 26 heavy (non-hydrogen) atoms. The second-order valence-corrected chi connectivity index (χ2v) is 6.26. The zero-order valence-corrected chi connectivity index (χ0v) is 16.2. The Morgan fingerprint density at radius 3 is 1.42 bits per heavy atom. The first-order valence-corrected chi connectivity index (χ1v) is 9.96. The maximum absolute atomic E-state index is 10.4. The van der Waals surface area contributed by atoms with Crippen molar-refractivity contribution in [3.05, 3.63) is 0 Å². The van der Waals surface area contributed by atoms with E-state index in [1.807, 2.05) is 0 Å². The molecular formula is C19H39N5O2. The third kappa shape index (κ3) is 22.8. The molecule has 6 N–H and O–H groups in total. The van der Waals surface area contributed by atoms with Gasteiger partial charge in [0.1, 0.15) is 0 Å². The van der Waals surface area contributed by atoms with Crippen LogP contribution in [0.5, 0.6) is 0 Å². The second kappa shape index (κ2) is 21.9. The predicted octanol–water partition coefficient (Wildman–Crippen LogP) is -0.00720. The average Bonchev–Trinajstić information content (AvgIpc) is 2.62. The van der Waals surface area contributed by atoms with Crippen LogP contribution in [0.1, 0.15) is 38.5 Å². The van der Waals surface area contributed by atoms with Crippen molar-refractivity contribution >= 4 is 5.97 Å². The van der Waals surface area contributed by atoms with Crippen LogP contribution in [0.25, 0.3) is 0 Å². The Labute approximate surface area is 159 Å². The zero-order valence-electron chi connectivity index (χ0n) is 16.2. The van der Waals surface area contributed by atoms with Gasteiger partial charge in [0.05, 0.1) is 0 Å². The van der Waals surface area contributed by atoms with Crippen LogP contribution >= 0.6 is 0 Å². The normalized spacial score (nSPS) is 10.7. The van der Waals surface area contributed by atoms with E-state index in [1.165, 1.54) is 0 Å². The lowest BCUT2D eigenvalue weighted by molar-refractivity contribution is -0.137. The molecule has 7 nitrogen and oxygen atoms in total. The molecule has 0 aliphatic heterocycles. The first kappa shape index (κ1) is 24.8. The summed E-state index contributed by atoms with van der Waals surface area (Å²) in [6.45, 7) is 9.67. The third-order valence-corrected chi connectivity index (χ3v) is 3.83. The SMILES string of the molecule is C#CCCCCNCCNCCNCCNCCNCCCCC(=O)O. The number of carbonyl (C=O) groups is 1. The fraction of sp³-hybridized carbons (Fsp3) is 0.842. The summed E-state index contributed by atoms with van der Waals surface area (Å²) in [6, 6.07) is 0. The highest BCUT2D eigenvalue weighted by atomic mass is 16.4. The molecule has 0 unspecified atom stereocenters. The topological polar surface area (TPSA) is 97.5 Å². The number of carboxylic acid groups (broad SMARTS) is 1. The number of terminal acetylenes is 1. The highest BCUT2D eigenvalue weighted by Gasteiger charge is 1.95. The Hall–Kier alpha value is -1.17. The van der Waals surface area contributed by atoms with Gasteiger partial charge in [-0.2, -0.15) is 0 Å². The zero-order chi connectivity index (χ0) is 19.1. The fourth-order valence-electron chi connectivity index (χ4n) is 2.34. The van der Waals surface area contributed by atoms with Crippen molar-refractivity contribution in [3.8, 4) is 12.3 Å². The smallest absolute Gasteiger partial charge is 0.303 e. The third-order valence-electron chi connectivity index (χ3n) is 3.83. The number of hydrogen-bond acceptors (Lipinski definition) is 6. The number of unbranched alkanes of at least 4 members (excludes halogenated alkanes) is 3. The number of rotatable bonds is 21. The Balaban J connectivity index is 2.99. The van der Waals surface area contributed by atoms with Gasteiger partial charge in [0, 0.05) is 65.2 Å². The van der Waals surface area contributed by atoms with E-state index in [9.17, 15) is 4.79 Å². The van der Waals surface area contributed by atoms with Crippen LogP contribution in [0.3, 0.4) is 0 Å². The predicted molar refractivity (Wildman–Crippen MR) is 109 cm³/mol. The van der Waals surface area contributed by atoms with Gasteiger partial charge in [-0.15, -0.1) is 12.3 Å². The van der Waals surface area contributed by atoms with Gasteiger partial charge in [0.15, 0.2) is 0 Å². The van der Waals surface area contributed by atoms with E-state index in [0.717, 1.165) is 97.6 Å². The molecule has 152 valence electrons.